The van der Waals surface area contributed by atoms with Crippen LogP contribution < -0.4 is 4.90 Å². The van der Waals surface area contributed by atoms with Crippen molar-refractivity contribution in [3.63, 3.8) is 0 Å². The molecular formula is C19H25N5O3. The highest BCUT2D eigenvalue weighted by Gasteiger charge is 2.31. The lowest BCUT2D eigenvalue weighted by Gasteiger charge is -2.33. The molecule has 1 amide bonds. The highest BCUT2D eigenvalue weighted by atomic mass is 16.5. The average Bonchev–Trinajstić information content (AvgIpc) is 3.37. The van der Waals surface area contributed by atoms with Gasteiger partial charge in [0, 0.05) is 32.3 Å². The molecule has 0 radical (unpaired) electrons. The van der Waals surface area contributed by atoms with Crippen LogP contribution in [0, 0.1) is 6.92 Å². The lowest BCUT2D eigenvalue weighted by molar-refractivity contribution is -0.0248. The van der Waals surface area contributed by atoms with Crippen LogP contribution in [0.2, 0.25) is 0 Å². The third-order valence-electron chi connectivity index (χ3n) is 5.21. The Balaban J connectivity index is 1.52. The number of hydrogen-bond donors (Lipinski definition) is 0. The summed E-state index contributed by atoms with van der Waals surface area (Å²) in [4.78, 5) is 26.2. The molecular weight excluding hydrogens is 346 g/mol. The van der Waals surface area contributed by atoms with E-state index in [4.69, 9.17) is 14.2 Å². The zero-order chi connectivity index (χ0) is 18.8. The Morgan fingerprint density at radius 1 is 1.30 bits per heavy atom. The molecule has 2 aromatic heterocycles. The molecule has 0 unspecified atom stereocenters. The van der Waals surface area contributed by atoms with E-state index in [2.05, 4.69) is 15.0 Å². The zero-order valence-corrected chi connectivity index (χ0v) is 15.8. The summed E-state index contributed by atoms with van der Waals surface area (Å²) in [5.41, 5.74) is 2.04. The summed E-state index contributed by atoms with van der Waals surface area (Å²) in [6, 6.07) is 1.88. The van der Waals surface area contributed by atoms with Gasteiger partial charge in [-0.05, 0) is 25.8 Å². The van der Waals surface area contributed by atoms with Crippen molar-refractivity contribution < 1.29 is 14.1 Å². The molecule has 144 valence electrons. The number of morpholine rings is 1. The Bertz CT molecular complexity index is 815. The lowest BCUT2D eigenvalue weighted by atomic mass is 10.1. The number of anilines is 1. The number of carbonyl (C=O) groups excluding carboxylic acids is 1. The zero-order valence-electron chi connectivity index (χ0n) is 15.8. The first kappa shape index (κ1) is 17.9. The van der Waals surface area contributed by atoms with E-state index in [-0.39, 0.29) is 12.0 Å². The van der Waals surface area contributed by atoms with Gasteiger partial charge >= 0.3 is 0 Å². The van der Waals surface area contributed by atoms with E-state index in [9.17, 15) is 4.79 Å². The molecule has 0 aromatic carbocycles. The molecule has 8 nitrogen and oxygen atoms in total. The van der Waals surface area contributed by atoms with E-state index in [1.807, 2.05) is 17.9 Å². The maximum atomic E-state index is 13.0. The first-order valence-electron chi connectivity index (χ1n) is 9.61. The van der Waals surface area contributed by atoms with Crippen molar-refractivity contribution in [1.82, 2.24) is 20.0 Å². The molecule has 2 aromatic rings. The van der Waals surface area contributed by atoms with Gasteiger partial charge in [0.05, 0.1) is 24.5 Å². The number of hydrogen-bond acceptors (Lipinski definition) is 7. The van der Waals surface area contributed by atoms with Crippen molar-refractivity contribution in [2.45, 2.75) is 39.2 Å². The van der Waals surface area contributed by atoms with Gasteiger partial charge in [-0.3, -0.25) is 4.79 Å². The monoisotopic (exact) mass is 371 g/mol. The van der Waals surface area contributed by atoms with Crippen LogP contribution in [0.1, 0.15) is 53.4 Å². The molecule has 0 saturated carbocycles. The van der Waals surface area contributed by atoms with Gasteiger partial charge in [-0.15, -0.1) is 0 Å². The fourth-order valence-corrected chi connectivity index (χ4v) is 3.71. The first-order valence-corrected chi connectivity index (χ1v) is 9.61. The van der Waals surface area contributed by atoms with Crippen LogP contribution in [0.15, 0.2) is 16.8 Å². The Morgan fingerprint density at radius 3 is 2.89 bits per heavy atom. The number of aryl methyl sites for hydroxylation is 2. The van der Waals surface area contributed by atoms with Crippen LogP contribution in [-0.2, 0) is 11.2 Å². The topological polar surface area (TPSA) is 84.6 Å². The van der Waals surface area contributed by atoms with Gasteiger partial charge in [-0.25, -0.2) is 9.97 Å². The second-order valence-electron chi connectivity index (χ2n) is 7.01. The summed E-state index contributed by atoms with van der Waals surface area (Å²) in [5, 5.41) is 3.96. The number of amides is 1. The van der Waals surface area contributed by atoms with Crippen LogP contribution in [0.5, 0.6) is 0 Å². The Kier molecular flexibility index (Phi) is 5.07. The van der Waals surface area contributed by atoms with Crippen molar-refractivity contribution in [3.05, 3.63) is 35.0 Å². The summed E-state index contributed by atoms with van der Waals surface area (Å²) >= 11 is 0. The predicted octanol–water partition coefficient (Wildman–Crippen LogP) is 2.15. The van der Waals surface area contributed by atoms with E-state index in [1.54, 1.807) is 13.1 Å². The van der Waals surface area contributed by atoms with Crippen LogP contribution in [0.3, 0.4) is 0 Å². The second-order valence-corrected chi connectivity index (χ2v) is 7.01. The Labute approximate surface area is 158 Å². The molecule has 2 saturated heterocycles. The predicted molar refractivity (Wildman–Crippen MR) is 98.7 cm³/mol. The van der Waals surface area contributed by atoms with Gasteiger partial charge in [-0.1, -0.05) is 12.1 Å². The summed E-state index contributed by atoms with van der Waals surface area (Å²) in [6.45, 7) is 7.24. The Morgan fingerprint density at radius 2 is 2.11 bits per heavy atom. The fourth-order valence-electron chi connectivity index (χ4n) is 3.71. The molecule has 4 rings (SSSR count). The van der Waals surface area contributed by atoms with Crippen LogP contribution in [-0.4, -0.2) is 58.7 Å². The molecule has 2 aliphatic rings. The van der Waals surface area contributed by atoms with Gasteiger partial charge in [0.1, 0.15) is 17.4 Å². The van der Waals surface area contributed by atoms with Gasteiger partial charge < -0.3 is 19.1 Å². The summed E-state index contributed by atoms with van der Waals surface area (Å²) in [6.07, 6.45) is 4.51. The SMILES string of the molecule is CCc1onc(C)c1C(=O)N1CCO[C@H](c2ccnc(N3CCCC3)n2)C1. The number of aromatic nitrogens is 3. The van der Waals surface area contributed by atoms with Crippen molar-refractivity contribution >= 4 is 11.9 Å². The average molecular weight is 371 g/mol. The third kappa shape index (κ3) is 3.53. The van der Waals surface area contributed by atoms with Crippen LogP contribution >= 0.6 is 0 Å². The second kappa shape index (κ2) is 7.64. The lowest BCUT2D eigenvalue weighted by Crippen LogP contribution is -2.43. The number of ether oxygens (including phenoxy) is 1. The molecule has 8 heteroatoms. The number of carbonyl (C=O) groups is 1. The first-order chi connectivity index (χ1) is 13.2. The van der Waals surface area contributed by atoms with E-state index in [1.165, 1.54) is 12.8 Å². The standard InChI is InChI=1S/C19H25N5O3/c1-3-15-17(13(2)22-27-15)18(25)24-10-11-26-16(12-24)14-6-7-20-19(21-14)23-8-4-5-9-23/h6-7,16H,3-5,8-12H2,1-2H3/t16-/m0/s1. The molecule has 1 atom stereocenters. The molecule has 0 N–H and O–H groups in total. The summed E-state index contributed by atoms with van der Waals surface area (Å²) < 4.78 is 11.2. The van der Waals surface area contributed by atoms with Crippen LogP contribution in [0.4, 0.5) is 5.95 Å². The van der Waals surface area contributed by atoms with Crippen molar-refractivity contribution in [1.29, 1.82) is 0 Å². The van der Waals surface area contributed by atoms with Gasteiger partial charge in [0.25, 0.3) is 5.91 Å². The molecule has 0 spiro atoms. The highest BCUT2D eigenvalue weighted by molar-refractivity contribution is 5.96. The molecule has 4 heterocycles. The van der Waals surface area contributed by atoms with Crippen molar-refractivity contribution in [2.24, 2.45) is 0 Å². The largest absolute Gasteiger partial charge is 0.368 e. The van der Waals surface area contributed by atoms with Gasteiger partial charge in [-0.2, -0.15) is 0 Å². The molecule has 0 aliphatic carbocycles. The number of rotatable bonds is 4. The van der Waals surface area contributed by atoms with Crippen molar-refractivity contribution in [2.75, 3.05) is 37.7 Å². The van der Waals surface area contributed by atoms with E-state index in [0.717, 1.165) is 24.7 Å². The summed E-state index contributed by atoms with van der Waals surface area (Å²) in [7, 11) is 0. The van der Waals surface area contributed by atoms with Crippen molar-refractivity contribution in [3.8, 4) is 0 Å². The highest BCUT2D eigenvalue weighted by Crippen LogP contribution is 2.25. The van der Waals surface area contributed by atoms with Gasteiger partial charge in [0.15, 0.2) is 0 Å². The number of nitrogens with zero attached hydrogens (tertiary/aromatic N) is 5. The van der Waals surface area contributed by atoms with Gasteiger partial charge in [0.2, 0.25) is 5.95 Å². The fraction of sp³-hybridized carbons (Fsp3) is 0.579. The van der Waals surface area contributed by atoms with E-state index >= 15 is 0 Å². The van der Waals surface area contributed by atoms with E-state index < -0.39 is 0 Å². The van der Waals surface area contributed by atoms with Crippen LogP contribution in [0.25, 0.3) is 0 Å². The molecule has 27 heavy (non-hydrogen) atoms. The van der Waals surface area contributed by atoms with E-state index in [0.29, 0.717) is 43.1 Å². The third-order valence-corrected chi connectivity index (χ3v) is 5.21. The minimum absolute atomic E-state index is 0.0484. The molecule has 2 fully saturated rings. The normalized spacial score (nSPS) is 20.3. The Hall–Kier alpha value is -2.48. The maximum absolute atomic E-state index is 13.0. The quantitative estimate of drug-likeness (QED) is 0.814. The summed E-state index contributed by atoms with van der Waals surface area (Å²) in [5.74, 6) is 1.34. The smallest absolute Gasteiger partial charge is 0.259 e. The minimum atomic E-state index is -0.253. The minimum Gasteiger partial charge on any atom is -0.368 e. The maximum Gasteiger partial charge on any atom is 0.259 e. The molecule has 0 bridgehead atoms. The molecule has 2 aliphatic heterocycles.